The van der Waals surface area contributed by atoms with Crippen molar-refractivity contribution in [1.29, 1.82) is 0 Å². The van der Waals surface area contributed by atoms with Gasteiger partial charge in [0.15, 0.2) is 11.5 Å². The lowest BCUT2D eigenvalue weighted by Crippen LogP contribution is -2.28. The third-order valence-electron chi connectivity index (χ3n) is 2.37. The molecular weight excluding hydrogens is 301 g/mol. The van der Waals surface area contributed by atoms with Crippen molar-refractivity contribution >= 4 is 45.9 Å². The summed E-state index contributed by atoms with van der Waals surface area (Å²) in [5.41, 5.74) is 1.01. The summed E-state index contributed by atoms with van der Waals surface area (Å²) in [6, 6.07) is 8.10. The fourth-order valence-electron chi connectivity index (χ4n) is 1.61. The minimum Gasteiger partial charge on any atom is -0.358 e. The SMILES string of the molecule is CC(C)Sc1ccccc1NC1N=C(Cl)NC=C1Cl. The van der Waals surface area contributed by atoms with E-state index in [9.17, 15) is 0 Å². The first-order valence-corrected chi connectivity index (χ1v) is 7.57. The Labute approximate surface area is 127 Å². The molecule has 1 heterocycles. The van der Waals surface area contributed by atoms with Gasteiger partial charge in [-0.1, -0.05) is 37.6 Å². The maximum Gasteiger partial charge on any atom is 0.197 e. The van der Waals surface area contributed by atoms with Crippen molar-refractivity contribution in [3.63, 3.8) is 0 Å². The van der Waals surface area contributed by atoms with Gasteiger partial charge in [-0.2, -0.15) is 0 Å². The topological polar surface area (TPSA) is 36.4 Å². The number of halogens is 2. The first-order chi connectivity index (χ1) is 9.06. The number of hydrogen-bond acceptors (Lipinski definition) is 4. The number of nitrogens with zero attached hydrogens (tertiary/aromatic N) is 1. The summed E-state index contributed by atoms with van der Waals surface area (Å²) >= 11 is 13.8. The molecule has 2 N–H and O–H groups in total. The molecule has 0 amide bonds. The van der Waals surface area contributed by atoms with Gasteiger partial charge in [-0.15, -0.1) is 11.8 Å². The molecule has 19 heavy (non-hydrogen) atoms. The van der Waals surface area contributed by atoms with Crippen LogP contribution in [0.1, 0.15) is 13.8 Å². The zero-order valence-electron chi connectivity index (χ0n) is 10.7. The number of amidine groups is 1. The van der Waals surface area contributed by atoms with E-state index in [1.54, 1.807) is 18.0 Å². The van der Waals surface area contributed by atoms with E-state index < -0.39 is 0 Å². The molecule has 0 bridgehead atoms. The van der Waals surface area contributed by atoms with Gasteiger partial charge in [-0.05, 0) is 23.7 Å². The molecule has 3 nitrogen and oxygen atoms in total. The number of thioether (sulfide) groups is 1. The highest BCUT2D eigenvalue weighted by atomic mass is 35.5. The number of hydrogen-bond donors (Lipinski definition) is 2. The monoisotopic (exact) mass is 315 g/mol. The number of rotatable bonds is 4. The summed E-state index contributed by atoms with van der Waals surface area (Å²) in [7, 11) is 0. The third-order valence-corrected chi connectivity index (χ3v) is 3.98. The smallest absolute Gasteiger partial charge is 0.197 e. The second kappa shape index (κ2) is 6.55. The van der Waals surface area contributed by atoms with Crippen molar-refractivity contribution in [2.45, 2.75) is 30.2 Å². The van der Waals surface area contributed by atoms with Crippen LogP contribution in [0.2, 0.25) is 0 Å². The van der Waals surface area contributed by atoms with Crippen molar-refractivity contribution in [2.75, 3.05) is 5.32 Å². The van der Waals surface area contributed by atoms with Crippen LogP contribution in [0.3, 0.4) is 0 Å². The molecule has 0 saturated carbocycles. The summed E-state index contributed by atoms with van der Waals surface area (Å²) in [4.78, 5) is 5.40. The number of anilines is 1. The van der Waals surface area contributed by atoms with E-state index in [1.165, 1.54) is 4.90 Å². The molecule has 0 radical (unpaired) electrons. The Morgan fingerprint density at radius 3 is 2.79 bits per heavy atom. The van der Waals surface area contributed by atoms with Crippen molar-refractivity contribution in [3.05, 3.63) is 35.5 Å². The lowest BCUT2D eigenvalue weighted by atomic mass is 10.3. The Balaban J connectivity index is 2.19. The second-order valence-electron chi connectivity index (χ2n) is 4.30. The van der Waals surface area contributed by atoms with Crippen molar-refractivity contribution in [2.24, 2.45) is 4.99 Å². The fraction of sp³-hybridized carbons (Fsp3) is 0.308. The van der Waals surface area contributed by atoms with Crippen LogP contribution < -0.4 is 10.6 Å². The van der Waals surface area contributed by atoms with Gasteiger partial charge < -0.3 is 10.6 Å². The van der Waals surface area contributed by atoms with Crippen molar-refractivity contribution in [3.8, 4) is 0 Å². The molecule has 0 saturated heterocycles. The molecule has 1 aromatic rings. The van der Waals surface area contributed by atoms with Crippen LogP contribution >= 0.6 is 35.0 Å². The molecule has 1 aromatic carbocycles. The van der Waals surface area contributed by atoms with Gasteiger partial charge in [0.05, 0.1) is 5.03 Å². The van der Waals surface area contributed by atoms with Crippen LogP contribution in [0.5, 0.6) is 0 Å². The van der Waals surface area contributed by atoms with Crippen LogP contribution in [-0.4, -0.2) is 16.7 Å². The molecule has 2 rings (SSSR count). The standard InChI is InChI=1S/C13H15Cl2N3S/c1-8(2)19-11-6-4-3-5-10(11)17-12-9(14)7-16-13(15)18-12/h3-8,12,17H,1-2H3,(H,16,18). The Morgan fingerprint density at radius 2 is 2.05 bits per heavy atom. The first-order valence-electron chi connectivity index (χ1n) is 5.94. The number of aliphatic imine (C=N–C) groups is 1. The molecule has 0 aromatic heterocycles. The van der Waals surface area contributed by atoms with E-state index in [0.717, 1.165) is 5.69 Å². The van der Waals surface area contributed by atoms with Gasteiger partial charge in [-0.3, -0.25) is 0 Å². The number of para-hydroxylation sites is 1. The van der Waals surface area contributed by atoms with Crippen LogP contribution in [0.25, 0.3) is 0 Å². The molecule has 0 fully saturated rings. The van der Waals surface area contributed by atoms with E-state index in [4.69, 9.17) is 23.2 Å². The maximum absolute atomic E-state index is 6.12. The molecule has 0 spiro atoms. The largest absolute Gasteiger partial charge is 0.358 e. The van der Waals surface area contributed by atoms with E-state index in [0.29, 0.717) is 15.6 Å². The molecule has 6 heteroatoms. The highest BCUT2D eigenvalue weighted by molar-refractivity contribution is 8.00. The second-order valence-corrected chi connectivity index (χ2v) is 6.72. The summed E-state index contributed by atoms with van der Waals surface area (Å²) in [5, 5.41) is 7.49. The number of nitrogens with one attached hydrogen (secondary N) is 2. The molecule has 1 aliphatic rings. The van der Waals surface area contributed by atoms with Crippen LogP contribution in [-0.2, 0) is 0 Å². The van der Waals surface area contributed by atoms with E-state index >= 15 is 0 Å². The molecule has 1 aliphatic heterocycles. The van der Waals surface area contributed by atoms with E-state index in [1.807, 2.05) is 18.2 Å². The van der Waals surface area contributed by atoms with E-state index in [2.05, 4.69) is 35.5 Å². The molecule has 1 unspecified atom stereocenters. The molecule has 0 aliphatic carbocycles. The van der Waals surface area contributed by atoms with Crippen molar-refractivity contribution in [1.82, 2.24) is 5.32 Å². The zero-order valence-corrected chi connectivity index (χ0v) is 13.0. The highest BCUT2D eigenvalue weighted by Gasteiger charge is 2.17. The van der Waals surface area contributed by atoms with Crippen LogP contribution in [0.15, 0.2) is 45.4 Å². The Morgan fingerprint density at radius 1 is 1.32 bits per heavy atom. The Kier molecular flexibility index (Phi) is 5.02. The van der Waals surface area contributed by atoms with Gasteiger partial charge in [0.1, 0.15) is 0 Å². The lowest BCUT2D eigenvalue weighted by Gasteiger charge is -2.21. The average molecular weight is 316 g/mol. The Hall–Kier alpha value is -0.840. The van der Waals surface area contributed by atoms with Gasteiger partial charge in [0, 0.05) is 22.0 Å². The zero-order chi connectivity index (χ0) is 13.8. The highest BCUT2D eigenvalue weighted by Crippen LogP contribution is 2.31. The Bertz CT molecular complexity index is 514. The third kappa shape index (κ3) is 4.06. The maximum atomic E-state index is 6.12. The van der Waals surface area contributed by atoms with Crippen LogP contribution in [0.4, 0.5) is 5.69 Å². The summed E-state index contributed by atoms with van der Waals surface area (Å²) in [6.45, 7) is 4.32. The van der Waals surface area contributed by atoms with Gasteiger partial charge >= 0.3 is 0 Å². The molecular formula is C13H15Cl2N3S. The average Bonchev–Trinajstić information content (AvgIpc) is 2.35. The number of benzene rings is 1. The van der Waals surface area contributed by atoms with Gasteiger partial charge in [-0.25, -0.2) is 4.99 Å². The normalized spacial score (nSPS) is 18.7. The summed E-state index contributed by atoms with van der Waals surface area (Å²) in [6.07, 6.45) is 1.30. The van der Waals surface area contributed by atoms with Gasteiger partial charge in [0.2, 0.25) is 0 Å². The lowest BCUT2D eigenvalue weighted by molar-refractivity contribution is 0.885. The first kappa shape index (κ1) is 14.6. The minimum absolute atomic E-state index is 0.330. The summed E-state index contributed by atoms with van der Waals surface area (Å²) < 4.78 is 0. The predicted octanol–water partition coefficient (Wildman–Crippen LogP) is 4.20. The van der Waals surface area contributed by atoms with Crippen LogP contribution in [0, 0.1) is 0 Å². The molecule has 102 valence electrons. The quantitative estimate of drug-likeness (QED) is 0.645. The fourth-order valence-corrected chi connectivity index (χ4v) is 2.84. The minimum atomic E-state index is -0.343. The summed E-state index contributed by atoms with van der Waals surface area (Å²) in [5.74, 6) is 0. The van der Waals surface area contributed by atoms with Gasteiger partial charge in [0.25, 0.3) is 0 Å². The van der Waals surface area contributed by atoms with E-state index in [-0.39, 0.29) is 6.17 Å². The van der Waals surface area contributed by atoms with Crippen molar-refractivity contribution < 1.29 is 0 Å². The molecule has 1 atom stereocenters. The predicted molar refractivity (Wildman–Crippen MR) is 85.2 cm³/mol.